The van der Waals surface area contributed by atoms with Crippen LogP contribution in [0.25, 0.3) is 0 Å². The maximum Gasteiger partial charge on any atom is 0.0445 e. The Kier molecular flexibility index (Phi) is 6.44. The van der Waals surface area contributed by atoms with E-state index >= 15 is 0 Å². The lowest BCUT2D eigenvalue weighted by atomic mass is 10.1. The molecule has 0 fully saturated rings. The molecule has 0 saturated carbocycles. The van der Waals surface area contributed by atoms with Crippen molar-refractivity contribution in [2.45, 2.75) is 39.5 Å². The molecule has 0 aromatic heterocycles. The largest absolute Gasteiger partial charge is 0.550 e. The number of aliphatic carboxylic acids is 1. The van der Waals surface area contributed by atoms with Gasteiger partial charge in [-0.1, -0.05) is 38.8 Å². The van der Waals surface area contributed by atoms with Crippen LogP contribution in [-0.4, -0.2) is 5.97 Å². The van der Waals surface area contributed by atoms with Crippen molar-refractivity contribution >= 4 is 5.97 Å². The summed E-state index contributed by atoms with van der Waals surface area (Å²) in [6.45, 7) is 3.80. The minimum absolute atomic E-state index is 0.358. The van der Waals surface area contributed by atoms with Gasteiger partial charge in [0, 0.05) is 5.97 Å². The molecule has 0 aliphatic rings. The molecule has 0 heterocycles. The monoisotopic (exact) mass is 169 g/mol. The summed E-state index contributed by atoms with van der Waals surface area (Å²) in [5.41, 5.74) is 0. The van der Waals surface area contributed by atoms with Gasteiger partial charge in [0.25, 0.3) is 0 Å². The maximum atomic E-state index is 10.3. The van der Waals surface area contributed by atoms with Crippen molar-refractivity contribution in [3.05, 3.63) is 12.2 Å². The topological polar surface area (TPSA) is 40.1 Å². The van der Waals surface area contributed by atoms with Gasteiger partial charge in [-0.15, -0.1) is 0 Å². The third-order valence-corrected chi connectivity index (χ3v) is 1.78. The van der Waals surface area contributed by atoms with Crippen molar-refractivity contribution < 1.29 is 9.90 Å². The molecular weight excluding hydrogens is 152 g/mol. The summed E-state index contributed by atoms with van der Waals surface area (Å²) in [7, 11) is 0. The number of unbranched alkanes of at least 4 members (excludes halogenated alkanes) is 2. The van der Waals surface area contributed by atoms with Gasteiger partial charge in [-0.25, -0.2) is 0 Å². The summed E-state index contributed by atoms with van der Waals surface area (Å²) in [4.78, 5) is 10.3. The van der Waals surface area contributed by atoms with E-state index in [1.54, 1.807) is 6.92 Å². The van der Waals surface area contributed by atoms with Crippen molar-refractivity contribution in [2.24, 2.45) is 5.92 Å². The normalized spacial score (nSPS) is 13.5. The quantitative estimate of drug-likeness (QED) is 0.446. The van der Waals surface area contributed by atoms with Gasteiger partial charge >= 0.3 is 0 Å². The highest BCUT2D eigenvalue weighted by Crippen LogP contribution is 2.02. The summed E-state index contributed by atoms with van der Waals surface area (Å²) in [6.07, 6.45) is 7.97. The fourth-order valence-corrected chi connectivity index (χ4v) is 0.836. The first-order valence-corrected chi connectivity index (χ1v) is 4.54. The van der Waals surface area contributed by atoms with E-state index in [1.165, 1.54) is 12.8 Å². The molecule has 1 atom stereocenters. The van der Waals surface area contributed by atoms with Crippen molar-refractivity contribution in [2.75, 3.05) is 0 Å². The van der Waals surface area contributed by atoms with Gasteiger partial charge in [-0.2, -0.15) is 0 Å². The molecule has 1 unspecified atom stereocenters. The summed E-state index contributed by atoms with van der Waals surface area (Å²) >= 11 is 0. The number of carbonyl (C=O) groups excluding carboxylic acids is 1. The molecule has 0 saturated heterocycles. The second-order valence-corrected chi connectivity index (χ2v) is 3.07. The summed E-state index contributed by atoms with van der Waals surface area (Å²) in [6, 6.07) is 0. The second-order valence-electron chi connectivity index (χ2n) is 3.07. The van der Waals surface area contributed by atoms with Crippen LogP contribution in [0.2, 0.25) is 0 Å². The van der Waals surface area contributed by atoms with Gasteiger partial charge in [0.15, 0.2) is 0 Å². The number of rotatable bonds is 6. The predicted molar refractivity (Wildman–Crippen MR) is 47.5 cm³/mol. The Balaban J connectivity index is 3.40. The van der Waals surface area contributed by atoms with E-state index in [2.05, 4.69) is 6.92 Å². The molecule has 0 bridgehead atoms. The third-order valence-electron chi connectivity index (χ3n) is 1.78. The smallest absolute Gasteiger partial charge is 0.0445 e. The molecule has 0 aliphatic heterocycles. The predicted octanol–water partition coefficient (Wildman–Crippen LogP) is 1.51. The summed E-state index contributed by atoms with van der Waals surface area (Å²) in [5, 5.41) is 10.3. The minimum atomic E-state index is -0.963. The van der Waals surface area contributed by atoms with E-state index in [4.69, 9.17) is 0 Å². The van der Waals surface area contributed by atoms with E-state index < -0.39 is 5.97 Å². The molecule has 0 aromatic carbocycles. The van der Waals surface area contributed by atoms with Crippen molar-refractivity contribution in [1.29, 1.82) is 0 Å². The van der Waals surface area contributed by atoms with E-state index in [9.17, 15) is 9.90 Å². The van der Waals surface area contributed by atoms with Gasteiger partial charge in [0.2, 0.25) is 0 Å². The molecular formula is C10H17O2-. The molecule has 2 heteroatoms. The van der Waals surface area contributed by atoms with Crippen molar-refractivity contribution in [1.82, 2.24) is 0 Å². The Morgan fingerprint density at radius 1 is 1.50 bits per heavy atom. The number of hydrogen-bond donors (Lipinski definition) is 0. The van der Waals surface area contributed by atoms with E-state index in [1.807, 2.05) is 12.2 Å². The zero-order valence-electron chi connectivity index (χ0n) is 7.88. The second kappa shape index (κ2) is 6.89. The third kappa shape index (κ3) is 5.96. The van der Waals surface area contributed by atoms with Crippen molar-refractivity contribution in [3.63, 3.8) is 0 Å². The highest BCUT2D eigenvalue weighted by Gasteiger charge is 1.97. The number of carboxylic acids is 1. The van der Waals surface area contributed by atoms with Crippen LogP contribution in [0, 0.1) is 5.92 Å². The van der Waals surface area contributed by atoms with Crippen molar-refractivity contribution in [3.8, 4) is 0 Å². The fourth-order valence-electron chi connectivity index (χ4n) is 0.836. The number of allylic oxidation sites excluding steroid dienone is 2. The van der Waals surface area contributed by atoms with Gasteiger partial charge in [0.05, 0.1) is 0 Å². The average molecular weight is 169 g/mol. The van der Waals surface area contributed by atoms with Crippen LogP contribution in [0.4, 0.5) is 0 Å². The molecule has 0 spiro atoms. The van der Waals surface area contributed by atoms with Crippen LogP contribution in [0.5, 0.6) is 0 Å². The van der Waals surface area contributed by atoms with Gasteiger partial charge in [-0.05, 0) is 18.8 Å². The molecule has 0 aliphatic carbocycles. The van der Waals surface area contributed by atoms with Crippen LogP contribution in [0.1, 0.15) is 39.5 Å². The molecule has 0 amide bonds. The summed E-state index contributed by atoms with van der Waals surface area (Å²) in [5.74, 6) is -1.32. The van der Waals surface area contributed by atoms with Gasteiger partial charge < -0.3 is 9.90 Å². The van der Waals surface area contributed by atoms with Crippen LogP contribution in [0.3, 0.4) is 0 Å². The molecule has 0 N–H and O–H groups in total. The minimum Gasteiger partial charge on any atom is -0.550 e. The zero-order valence-corrected chi connectivity index (χ0v) is 7.88. The Bertz CT molecular complexity index is 150. The van der Waals surface area contributed by atoms with Crippen LogP contribution >= 0.6 is 0 Å². The van der Waals surface area contributed by atoms with E-state index in [0.29, 0.717) is 6.42 Å². The molecule has 12 heavy (non-hydrogen) atoms. The number of carboxylic acid groups (broad SMARTS) is 1. The number of carbonyl (C=O) groups is 1. The zero-order chi connectivity index (χ0) is 9.40. The summed E-state index contributed by atoms with van der Waals surface area (Å²) < 4.78 is 0. The molecule has 0 radical (unpaired) electrons. The van der Waals surface area contributed by atoms with E-state index in [0.717, 1.165) is 6.42 Å². The fraction of sp³-hybridized carbons (Fsp3) is 0.700. The Morgan fingerprint density at radius 2 is 2.17 bits per heavy atom. The first-order valence-electron chi connectivity index (χ1n) is 4.54. The van der Waals surface area contributed by atoms with Gasteiger partial charge in [-0.3, -0.25) is 0 Å². The molecule has 70 valence electrons. The van der Waals surface area contributed by atoms with Crippen LogP contribution < -0.4 is 5.11 Å². The first kappa shape index (κ1) is 11.2. The van der Waals surface area contributed by atoms with E-state index in [-0.39, 0.29) is 5.92 Å². The first-order chi connectivity index (χ1) is 5.68. The van der Waals surface area contributed by atoms with Crippen LogP contribution in [-0.2, 0) is 4.79 Å². The average Bonchev–Trinajstić information content (AvgIpc) is 2.03. The number of hydrogen-bond acceptors (Lipinski definition) is 2. The lowest BCUT2D eigenvalue weighted by Crippen LogP contribution is -2.29. The molecule has 0 aromatic rings. The molecule has 0 rings (SSSR count). The lowest BCUT2D eigenvalue weighted by Gasteiger charge is -2.08. The standard InChI is InChI=1S/C10H18O2/c1-3-4-5-6-7-8-9(2)10(11)12/h6-7,9H,3-5,8H2,1-2H3,(H,11,12)/p-1/b7-6-. The van der Waals surface area contributed by atoms with Gasteiger partial charge in [0.1, 0.15) is 0 Å². The SMILES string of the molecule is CCCC/C=C\CC(C)C(=O)[O-]. The maximum absolute atomic E-state index is 10.3. The lowest BCUT2D eigenvalue weighted by molar-refractivity contribution is -0.310. The Morgan fingerprint density at radius 3 is 2.67 bits per heavy atom. The Labute approximate surface area is 74.3 Å². The molecule has 2 nitrogen and oxygen atoms in total. The van der Waals surface area contributed by atoms with Crippen LogP contribution in [0.15, 0.2) is 12.2 Å². The highest BCUT2D eigenvalue weighted by molar-refractivity contribution is 5.67. The highest BCUT2D eigenvalue weighted by atomic mass is 16.4. The Hall–Kier alpha value is -0.790.